The van der Waals surface area contributed by atoms with Gasteiger partial charge in [0.2, 0.25) is 0 Å². The van der Waals surface area contributed by atoms with Gasteiger partial charge in [-0.05, 0) is 23.8 Å². The van der Waals surface area contributed by atoms with Crippen molar-refractivity contribution in [3.8, 4) is 17.0 Å². The minimum atomic E-state index is -2.86. The standard InChI is InChI=1S/C17H14ClF2N5O/c18-13-7-23-15(21)5-12(13)14-8-22-9-16(25-14)24-6-10-2-1-3-11(4-10)26-17(19)20/h1-5,7-9,17H,6H2,(H2,21,23)(H,24,25). The molecule has 0 aliphatic heterocycles. The Balaban J connectivity index is 1.74. The molecule has 0 amide bonds. The van der Waals surface area contributed by atoms with Crippen molar-refractivity contribution >= 4 is 23.2 Å². The summed E-state index contributed by atoms with van der Waals surface area (Å²) in [6.07, 6.45) is 4.55. The summed E-state index contributed by atoms with van der Waals surface area (Å²) in [5.41, 5.74) is 7.58. The highest BCUT2D eigenvalue weighted by Crippen LogP contribution is 2.27. The van der Waals surface area contributed by atoms with Crippen molar-refractivity contribution in [3.63, 3.8) is 0 Å². The Morgan fingerprint density at radius 1 is 1.19 bits per heavy atom. The average Bonchev–Trinajstić information content (AvgIpc) is 2.62. The molecule has 0 saturated heterocycles. The molecule has 2 heterocycles. The van der Waals surface area contributed by atoms with E-state index < -0.39 is 6.61 Å². The lowest BCUT2D eigenvalue weighted by molar-refractivity contribution is -0.0498. The van der Waals surface area contributed by atoms with Gasteiger partial charge >= 0.3 is 6.61 Å². The van der Waals surface area contributed by atoms with Crippen molar-refractivity contribution in [1.29, 1.82) is 0 Å². The zero-order chi connectivity index (χ0) is 18.5. The number of hydrogen-bond donors (Lipinski definition) is 2. The van der Waals surface area contributed by atoms with Gasteiger partial charge in [0.15, 0.2) is 0 Å². The van der Waals surface area contributed by atoms with Crippen molar-refractivity contribution in [2.45, 2.75) is 13.2 Å². The van der Waals surface area contributed by atoms with Gasteiger partial charge in [-0.2, -0.15) is 8.78 Å². The van der Waals surface area contributed by atoms with Crippen molar-refractivity contribution < 1.29 is 13.5 Å². The highest BCUT2D eigenvalue weighted by molar-refractivity contribution is 6.33. The number of benzene rings is 1. The smallest absolute Gasteiger partial charge is 0.387 e. The zero-order valence-electron chi connectivity index (χ0n) is 13.4. The van der Waals surface area contributed by atoms with Crippen LogP contribution in [-0.4, -0.2) is 21.6 Å². The summed E-state index contributed by atoms with van der Waals surface area (Å²) in [7, 11) is 0. The molecule has 3 rings (SSSR count). The van der Waals surface area contributed by atoms with E-state index in [-0.39, 0.29) is 5.75 Å². The monoisotopic (exact) mass is 377 g/mol. The maximum atomic E-state index is 12.3. The van der Waals surface area contributed by atoms with E-state index in [1.165, 1.54) is 18.3 Å². The summed E-state index contributed by atoms with van der Waals surface area (Å²) in [5.74, 6) is 0.910. The van der Waals surface area contributed by atoms with Crippen LogP contribution in [0.4, 0.5) is 20.4 Å². The molecular weight excluding hydrogens is 364 g/mol. The van der Waals surface area contributed by atoms with E-state index in [2.05, 4.69) is 25.0 Å². The van der Waals surface area contributed by atoms with Gasteiger partial charge in [0.25, 0.3) is 0 Å². The first kappa shape index (κ1) is 17.8. The van der Waals surface area contributed by atoms with E-state index in [0.717, 1.165) is 5.56 Å². The third kappa shape index (κ3) is 4.54. The third-order valence-electron chi connectivity index (χ3n) is 3.38. The van der Waals surface area contributed by atoms with Gasteiger partial charge in [-0.1, -0.05) is 23.7 Å². The number of nitrogens with zero attached hydrogens (tertiary/aromatic N) is 3. The largest absolute Gasteiger partial charge is 0.435 e. The van der Waals surface area contributed by atoms with Crippen LogP contribution < -0.4 is 15.8 Å². The highest BCUT2D eigenvalue weighted by Gasteiger charge is 2.09. The molecule has 0 spiro atoms. The van der Waals surface area contributed by atoms with Crippen LogP contribution in [0.15, 0.2) is 48.9 Å². The molecule has 0 radical (unpaired) electrons. The first-order valence-corrected chi connectivity index (χ1v) is 7.90. The van der Waals surface area contributed by atoms with E-state index in [4.69, 9.17) is 17.3 Å². The number of pyridine rings is 1. The predicted molar refractivity (Wildman–Crippen MR) is 95.1 cm³/mol. The summed E-state index contributed by atoms with van der Waals surface area (Å²) >= 11 is 6.13. The molecule has 6 nitrogen and oxygen atoms in total. The number of nitrogens with two attached hydrogens (primary N) is 1. The molecule has 134 valence electrons. The number of aromatic nitrogens is 3. The lowest BCUT2D eigenvalue weighted by atomic mass is 10.2. The molecule has 3 aromatic rings. The first-order chi connectivity index (χ1) is 12.5. The van der Waals surface area contributed by atoms with Crippen molar-refractivity contribution in [2.75, 3.05) is 11.1 Å². The van der Waals surface area contributed by atoms with Gasteiger partial charge in [-0.3, -0.25) is 4.98 Å². The molecule has 26 heavy (non-hydrogen) atoms. The van der Waals surface area contributed by atoms with Crippen LogP contribution in [0.5, 0.6) is 5.75 Å². The molecular formula is C17H14ClF2N5O. The molecule has 0 bridgehead atoms. The van der Waals surface area contributed by atoms with Crippen molar-refractivity contribution in [2.24, 2.45) is 0 Å². The number of halogens is 3. The molecule has 0 aliphatic carbocycles. The molecule has 9 heteroatoms. The fourth-order valence-electron chi connectivity index (χ4n) is 2.26. The normalized spacial score (nSPS) is 10.8. The molecule has 2 aromatic heterocycles. The van der Waals surface area contributed by atoms with Crippen LogP contribution in [0.1, 0.15) is 5.56 Å². The second-order valence-corrected chi connectivity index (χ2v) is 5.67. The van der Waals surface area contributed by atoms with Crippen molar-refractivity contribution in [1.82, 2.24) is 15.0 Å². The summed E-state index contributed by atoms with van der Waals surface area (Å²) in [5, 5.41) is 3.48. The molecule has 0 unspecified atom stereocenters. The molecule has 3 N–H and O–H groups in total. The van der Waals surface area contributed by atoms with Gasteiger partial charge in [0, 0.05) is 18.3 Å². The maximum Gasteiger partial charge on any atom is 0.387 e. The zero-order valence-corrected chi connectivity index (χ0v) is 14.1. The van der Waals surface area contributed by atoms with E-state index in [1.54, 1.807) is 30.6 Å². The number of alkyl halides is 2. The van der Waals surface area contributed by atoms with Crippen molar-refractivity contribution in [3.05, 3.63) is 59.5 Å². The lowest BCUT2D eigenvalue weighted by Gasteiger charge is -2.10. The number of rotatable bonds is 6. The fraction of sp³-hybridized carbons (Fsp3) is 0.118. The molecule has 1 aromatic carbocycles. The van der Waals surface area contributed by atoms with E-state index in [9.17, 15) is 8.78 Å². The minimum absolute atomic E-state index is 0.0955. The van der Waals surface area contributed by atoms with E-state index >= 15 is 0 Å². The van der Waals surface area contributed by atoms with Gasteiger partial charge in [0.1, 0.15) is 17.4 Å². The number of nitrogen functional groups attached to an aromatic ring is 1. The Kier molecular flexibility index (Phi) is 5.43. The van der Waals surface area contributed by atoms with E-state index in [1.807, 2.05) is 0 Å². The fourth-order valence-corrected chi connectivity index (χ4v) is 2.46. The maximum absolute atomic E-state index is 12.3. The topological polar surface area (TPSA) is 86.0 Å². The number of anilines is 2. The highest BCUT2D eigenvalue weighted by atomic mass is 35.5. The number of nitrogens with one attached hydrogen (secondary N) is 1. The van der Waals surface area contributed by atoms with Gasteiger partial charge in [0.05, 0.1) is 23.1 Å². The molecule has 0 aliphatic rings. The summed E-state index contributed by atoms with van der Waals surface area (Å²) in [6, 6.07) is 8.02. The van der Waals surface area contributed by atoms with Crippen LogP contribution in [-0.2, 0) is 6.54 Å². The Labute approximate surface area is 153 Å². The molecule has 0 atom stereocenters. The minimum Gasteiger partial charge on any atom is -0.435 e. The Bertz CT molecular complexity index is 910. The third-order valence-corrected chi connectivity index (χ3v) is 3.69. The number of ether oxygens (including phenoxy) is 1. The van der Waals surface area contributed by atoms with E-state index in [0.29, 0.717) is 34.5 Å². The van der Waals surface area contributed by atoms with Gasteiger partial charge in [-0.15, -0.1) is 0 Å². The van der Waals surface area contributed by atoms with Crippen LogP contribution in [0.2, 0.25) is 5.02 Å². The van der Waals surface area contributed by atoms with Crippen LogP contribution in [0.3, 0.4) is 0 Å². The lowest BCUT2D eigenvalue weighted by Crippen LogP contribution is -2.05. The SMILES string of the molecule is Nc1cc(-c2cncc(NCc3cccc(OC(F)F)c3)n2)c(Cl)cn1. The summed E-state index contributed by atoms with van der Waals surface area (Å²) in [4.78, 5) is 12.5. The van der Waals surface area contributed by atoms with Crippen LogP contribution in [0.25, 0.3) is 11.3 Å². The second-order valence-electron chi connectivity index (χ2n) is 5.26. The van der Waals surface area contributed by atoms with Crippen LogP contribution in [0, 0.1) is 0 Å². The Hall–Kier alpha value is -3.00. The first-order valence-electron chi connectivity index (χ1n) is 7.52. The summed E-state index contributed by atoms with van der Waals surface area (Å²) in [6.45, 7) is -2.51. The van der Waals surface area contributed by atoms with Gasteiger partial charge in [-0.25, -0.2) is 9.97 Å². The van der Waals surface area contributed by atoms with Gasteiger partial charge < -0.3 is 15.8 Å². The second kappa shape index (κ2) is 7.92. The molecule has 0 saturated carbocycles. The predicted octanol–water partition coefficient (Wildman–Crippen LogP) is 3.99. The molecule has 0 fully saturated rings. The van der Waals surface area contributed by atoms with Crippen LogP contribution >= 0.6 is 11.6 Å². The Morgan fingerprint density at radius 3 is 2.85 bits per heavy atom. The quantitative estimate of drug-likeness (QED) is 0.675. The number of hydrogen-bond acceptors (Lipinski definition) is 6. The summed E-state index contributed by atoms with van der Waals surface area (Å²) < 4.78 is 29.0. The Morgan fingerprint density at radius 2 is 2.04 bits per heavy atom. The average molecular weight is 378 g/mol.